The van der Waals surface area contributed by atoms with Gasteiger partial charge in [-0.25, -0.2) is 4.79 Å². The van der Waals surface area contributed by atoms with Gasteiger partial charge < -0.3 is 5.11 Å². The molecule has 0 aliphatic heterocycles. The van der Waals surface area contributed by atoms with Crippen LogP contribution < -0.4 is 0 Å². The van der Waals surface area contributed by atoms with Crippen LogP contribution in [0, 0.1) is 5.92 Å². The number of rotatable bonds is 3. The lowest BCUT2D eigenvalue weighted by molar-refractivity contribution is -0.132. The van der Waals surface area contributed by atoms with E-state index in [2.05, 4.69) is 13.2 Å². The van der Waals surface area contributed by atoms with Gasteiger partial charge in [0.25, 0.3) is 0 Å². The van der Waals surface area contributed by atoms with Crippen molar-refractivity contribution >= 4 is 5.97 Å². The Morgan fingerprint density at radius 2 is 2.33 bits per heavy atom. The molecule has 1 atom stereocenters. The highest BCUT2D eigenvalue weighted by Gasteiger charge is 2.21. The molecule has 0 spiro atoms. The Morgan fingerprint density at radius 3 is 2.75 bits per heavy atom. The van der Waals surface area contributed by atoms with E-state index in [0.29, 0.717) is 17.9 Å². The van der Waals surface area contributed by atoms with Gasteiger partial charge in [-0.1, -0.05) is 18.7 Å². The average molecular weight is 166 g/mol. The van der Waals surface area contributed by atoms with Gasteiger partial charge in [0.1, 0.15) is 0 Å². The van der Waals surface area contributed by atoms with Crippen molar-refractivity contribution in [3.8, 4) is 0 Å². The SMILES string of the molecule is C=C(CC1CCCC1=C)C(=O)O. The molecule has 0 aromatic carbocycles. The molecule has 12 heavy (non-hydrogen) atoms. The van der Waals surface area contributed by atoms with Crippen LogP contribution in [0.5, 0.6) is 0 Å². The van der Waals surface area contributed by atoms with Gasteiger partial charge in [-0.05, 0) is 31.6 Å². The monoisotopic (exact) mass is 166 g/mol. The summed E-state index contributed by atoms with van der Waals surface area (Å²) in [4.78, 5) is 10.5. The minimum Gasteiger partial charge on any atom is -0.478 e. The molecule has 0 aromatic heterocycles. The molecule has 1 aliphatic carbocycles. The van der Waals surface area contributed by atoms with E-state index >= 15 is 0 Å². The van der Waals surface area contributed by atoms with Crippen LogP contribution in [0.3, 0.4) is 0 Å². The Hall–Kier alpha value is -1.05. The zero-order chi connectivity index (χ0) is 9.14. The number of hydrogen-bond donors (Lipinski definition) is 1. The van der Waals surface area contributed by atoms with E-state index in [0.717, 1.165) is 19.3 Å². The first-order valence-electron chi connectivity index (χ1n) is 4.20. The van der Waals surface area contributed by atoms with Crippen molar-refractivity contribution < 1.29 is 9.90 Å². The number of carboxylic acids is 1. The molecule has 66 valence electrons. The van der Waals surface area contributed by atoms with Gasteiger partial charge in [0.05, 0.1) is 0 Å². The van der Waals surface area contributed by atoms with Gasteiger partial charge in [-0.3, -0.25) is 0 Å². The maximum absolute atomic E-state index is 10.5. The summed E-state index contributed by atoms with van der Waals surface area (Å²) in [6.07, 6.45) is 3.85. The molecule has 0 amide bonds. The van der Waals surface area contributed by atoms with Crippen LogP contribution >= 0.6 is 0 Å². The van der Waals surface area contributed by atoms with Crippen LogP contribution in [-0.2, 0) is 4.79 Å². The topological polar surface area (TPSA) is 37.3 Å². The predicted molar refractivity (Wildman–Crippen MR) is 47.9 cm³/mol. The number of hydrogen-bond acceptors (Lipinski definition) is 1. The summed E-state index contributed by atoms with van der Waals surface area (Å²) >= 11 is 0. The van der Waals surface area contributed by atoms with Crippen molar-refractivity contribution in [2.75, 3.05) is 0 Å². The molecule has 2 heteroatoms. The molecule has 0 heterocycles. The molecule has 1 fully saturated rings. The van der Waals surface area contributed by atoms with E-state index in [4.69, 9.17) is 5.11 Å². The Balaban J connectivity index is 2.46. The zero-order valence-corrected chi connectivity index (χ0v) is 7.18. The lowest BCUT2D eigenvalue weighted by Gasteiger charge is -2.09. The molecule has 1 aliphatic rings. The highest BCUT2D eigenvalue weighted by Crippen LogP contribution is 2.33. The lowest BCUT2D eigenvalue weighted by Crippen LogP contribution is -2.05. The fourth-order valence-electron chi connectivity index (χ4n) is 1.61. The van der Waals surface area contributed by atoms with Crippen molar-refractivity contribution in [1.82, 2.24) is 0 Å². The predicted octanol–water partition coefficient (Wildman–Crippen LogP) is 2.37. The Labute approximate surface area is 72.6 Å². The van der Waals surface area contributed by atoms with E-state index in [1.165, 1.54) is 5.57 Å². The Morgan fingerprint density at radius 1 is 1.67 bits per heavy atom. The van der Waals surface area contributed by atoms with E-state index < -0.39 is 5.97 Å². The molecule has 0 aromatic rings. The first kappa shape index (κ1) is 9.04. The smallest absolute Gasteiger partial charge is 0.330 e. The summed E-state index contributed by atoms with van der Waals surface area (Å²) in [6.45, 7) is 7.43. The second-order valence-electron chi connectivity index (χ2n) is 3.36. The van der Waals surface area contributed by atoms with E-state index in [-0.39, 0.29) is 0 Å². The zero-order valence-electron chi connectivity index (χ0n) is 7.18. The van der Waals surface area contributed by atoms with Gasteiger partial charge >= 0.3 is 5.97 Å². The molecule has 2 nitrogen and oxygen atoms in total. The maximum atomic E-state index is 10.5. The summed E-state index contributed by atoms with van der Waals surface area (Å²) < 4.78 is 0. The van der Waals surface area contributed by atoms with Crippen molar-refractivity contribution in [2.24, 2.45) is 5.92 Å². The fraction of sp³-hybridized carbons (Fsp3) is 0.500. The van der Waals surface area contributed by atoms with Crippen LogP contribution in [0.15, 0.2) is 24.3 Å². The fourth-order valence-corrected chi connectivity index (χ4v) is 1.61. The van der Waals surface area contributed by atoms with Crippen molar-refractivity contribution in [2.45, 2.75) is 25.7 Å². The number of carboxylic acid groups (broad SMARTS) is 1. The van der Waals surface area contributed by atoms with Crippen molar-refractivity contribution in [1.29, 1.82) is 0 Å². The summed E-state index contributed by atoms with van der Waals surface area (Å²) in [6, 6.07) is 0. The highest BCUT2D eigenvalue weighted by atomic mass is 16.4. The number of aliphatic carboxylic acids is 1. The van der Waals surface area contributed by atoms with Gasteiger partial charge in [-0.15, -0.1) is 0 Å². The first-order chi connectivity index (χ1) is 5.61. The van der Waals surface area contributed by atoms with Crippen LogP contribution in [-0.4, -0.2) is 11.1 Å². The highest BCUT2D eigenvalue weighted by molar-refractivity contribution is 5.85. The van der Waals surface area contributed by atoms with E-state index in [1.807, 2.05) is 0 Å². The molecule has 0 saturated heterocycles. The van der Waals surface area contributed by atoms with E-state index in [1.54, 1.807) is 0 Å². The lowest BCUT2D eigenvalue weighted by atomic mass is 9.96. The normalized spacial score (nSPS) is 22.7. The summed E-state index contributed by atoms with van der Waals surface area (Å²) in [7, 11) is 0. The minimum absolute atomic E-state index is 0.308. The molecule has 0 radical (unpaired) electrons. The second-order valence-corrected chi connectivity index (χ2v) is 3.36. The number of allylic oxidation sites excluding steroid dienone is 1. The third-order valence-electron chi connectivity index (χ3n) is 2.42. The summed E-state index contributed by atoms with van der Waals surface area (Å²) in [5, 5.41) is 8.60. The Kier molecular flexibility index (Phi) is 2.69. The first-order valence-corrected chi connectivity index (χ1v) is 4.20. The van der Waals surface area contributed by atoms with Gasteiger partial charge in [-0.2, -0.15) is 0 Å². The molecule has 0 bridgehead atoms. The molecule has 1 rings (SSSR count). The Bertz CT molecular complexity index is 228. The van der Waals surface area contributed by atoms with E-state index in [9.17, 15) is 4.79 Å². The van der Waals surface area contributed by atoms with Gasteiger partial charge in [0.15, 0.2) is 0 Å². The van der Waals surface area contributed by atoms with Crippen LogP contribution in [0.2, 0.25) is 0 Å². The van der Waals surface area contributed by atoms with Gasteiger partial charge in [0.2, 0.25) is 0 Å². The van der Waals surface area contributed by atoms with Gasteiger partial charge in [0, 0.05) is 5.57 Å². The molecule has 1 N–H and O–H groups in total. The van der Waals surface area contributed by atoms with Crippen LogP contribution in [0.1, 0.15) is 25.7 Å². The third kappa shape index (κ3) is 1.97. The quantitative estimate of drug-likeness (QED) is 0.516. The third-order valence-corrected chi connectivity index (χ3v) is 2.42. The average Bonchev–Trinajstić information content (AvgIpc) is 2.36. The number of carbonyl (C=O) groups is 1. The largest absolute Gasteiger partial charge is 0.478 e. The maximum Gasteiger partial charge on any atom is 0.330 e. The molecular weight excluding hydrogens is 152 g/mol. The molecule has 1 saturated carbocycles. The summed E-state index contributed by atoms with van der Waals surface area (Å²) in [5.41, 5.74) is 1.50. The summed E-state index contributed by atoms with van der Waals surface area (Å²) in [5.74, 6) is -0.511. The molecule has 1 unspecified atom stereocenters. The van der Waals surface area contributed by atoms with Crippen LogP contribution in [0.4, 0.5) is 0 Å². The van der Waals surface area contributed by atoms with Crippen molar-refractivity contribution in [3.05, 3.63) is 24.3 Å². The minimum atomic E-state index is -0.880. The standard InChI is InChI=1S/C10H14O2/c1-7-4-3-5-9(7)6-8(2)10(11)12/h9H,1-6H2,(H,11,12). The molecular formula is C10H14O2. The van der Waals surface area contributed by atoms with Crippen molar-refractivity contribution in [3.63, 3.8) is 0 Å². The second kappa shape index (κ2) is 3.57. The van der Waals surface area contributed by atoms with Crippen LogP contribution in [0.25, 0.3) is 0 Å².